The van der Waals surface area contributed by atoms with E-state index in [0.29, 0.717) is 12.5 Å². The number of methoxy groups -OCH3 is 1. The first-order valence-electron chi connectivity index (χ1n) is 10.9. The van der Waals surface area contributed by atoms with Gasteiger partial charge in [-0.2, -0.15) is 0 Å². The normalized spacial score (nSPS) is 15.2. The number of anilines is 1. The third-order valence-corrected chi connectivity index (χ3v) is 5.49. The summed E-state index contributed by atoms with van der Waals surface area (Å²) in [5.41, 5.74) is 2.02. The number of nitrogens with zero attached hydrogens (tertiary/aromatic N) is 2. The fourth-order valence-electron chi connectivity index (χ4n) is 3.82. The van der Waals surface area contributed by atoms with E-state index in [1.807, 2.05) is 42.5 Å². The lowest BCUT2D eigenvalue weighted by molar-refractivity contribution is -0.115. The van der Waals surface area contributed by atoms with Crippen molar-refractivity contribution in [2.45, 2.75) is 25.3 Å². The van der Waals surface area contributed by atoms with Crippen LogP contribution in [0.2, 0.25) is 0 Å². The lowest BCUT2D eigenvalue weighted by Gasteiger charge is -2.35. The number of ether oxygens (including phenoxy) is 1. The number of rotatable bonds is 8. The van der Waals surface area contributed by atoms with Gasteiger partial charge >= 0.3 is 0 Å². The largest absolute Gasteiger partial charge is 0.497 e. The molecule has 0 saturated carbocycles. The fourth-order valence-corrected chi connectivity index (χ4v) is 3.82. The molecule has 1 aliphatic rings. The molecule has 174 valence electrons. The lowest BCUT2D eigenvalue weighted by atomic mass is 10.0. The quantitative estimate of drug-likeness (QED) is 0.266. The second kappa shape index (κ2) is 13.9. The smallest absolute Gasteiger partial charge is 0.243 e. The van der Waals surface area contributed by atoms with Gasteiger partial charge in [-0.05, 0) is 55.8 Å². The van der Waals surface area contributed by atoms with Gasteiger partial charge in [-0.15, -0.1) is 24.0 Å². The predicted molar refractivity (Wildman–Crippen MR) is 141 cm³/mol. The number of para-hydroxylation sites is 1. The van der Waals surface area contributed by atoms with Crippen LogP contribution in [0.3, 0.4) is 0 Å². The third kappa shape index (κ3) is 7.98. The minimum atomic E-state index is -0.114. The second-order valence-corrected chi connectivity index (χ2v) is 7.61. The fraction of sp³-hybridized carbons (Fsp3) is 0.417. The average Bonchev–Trinajstić information content (AvgIpc) is 2.83. The summed E-state index contributed by atoms with van der Waals surface area (Å²) in [7, 11) is 3.40. The number of nitrogens with one attached hydrogen (secondary N) is 3. The third-order valence-electron chi connectivity index (χ3n) is 5.49. The van der Waals surface area contributed by atoms with Crippen molar-refractivity contribution in [2.75, 3.05) is 45.7 Å². The van der Waals surface area contributed by atoms with Crippen LogP contribution >= 0.6 is 24.0 Å². The molecular formula is C24H34IN5O2. The van der Waals surface area contributed by atoms with Crippen LogP contribution < -0.4 is 20.7 Å². The maximum atomic E-state index is 12.2. The molecule has 1 fully saturated rings. The van der Waals surface area contributed by atoms with Crippen LogP contribution in [0.15, 0.2) is 59.6 Å². The molecule has 1 atom stereocenters. The molecule has 7 nitrogen and oxygen atoms in total. The summed E-state index contributed by atoms with van der Waals surface area (Å²) in [4.78, 5) is 19.0. The number of carbonyl (C=O) groups excluding carboxylic acids is 1. The van der Waals surface area contributed by atoms with Gasteiger partial charge in [0, 0.05) is 19.3 Å². The Morgan fingerprint density at radius 1 is 1.03 bits per heavy atom. The SMILES string of the molecule is CN=C(NCC(=O)Nc1ccccc1)NCC(c1ccc(OC)cc1)N1CCCCC1.I. The van der Waals surface area contributed by atoms with Crippen molar-refractivity contribution in [1.82, 2.24) is 15.5 Å². The summed E-state index contributed by atoms with van der Waals surface area (Å²) < 4.78 is 5.31. The van der Waals surface area contributed by atoms with Crippen molar-refractivity contribution in [3.05, 3.63) is 60.2 Å². The van der Waals surface area contributed by atoms with Crippen LogP contribution in [0.5, 0.6) is 5.75 Å². The summed E-state index contributed by atoms with van der Waals surface area (Å²) in [5, 5.41) is 9.38. The van der Waals surface area contributed by atoms with E-state index in [0.717, 1.165) is 24.5 Å². The van der Waals surface area contributed by atoms with Crippen LogP contribution in [0.1, 0.15) is 30.9 Å². The van der Waals surface area contributed by atoms with Gasteiger partial charge in [0.05, 0.1) is 19.7 Å². The highest BCUT2D eigenvalue weighted by molar-refractivity contribution is 14.0. The van der Waals surface area contributed by atoms with E-state index in [2.05, 4.69) is 38.0 Å². The molecular weight excluding hydrogens is 517 g/mol. The topological polar surface area (TPSA) is 78.0 Å². The molecule has 1 unspecified atom stereocenters. The molecule has 8 heteroatoms. The van der Waals surface area contributed by atoms with Gasteiger partial charge in [0.15, 0.2) is 5.96 Å². The number of carbonyl (C=O) groups is 1. The Hall–Kier alpha value is -2.33. The van der Waals surface area contributed by atoms with Gasteiger partial charge in [-0.25, -0.2) is 0 Å². The Labute approximate surface area is 208 Å². The number of amides is 1. The summed E-state index contributed by atoms with van der Waals surface area (Å²) in [5.74, 6) is 1.35. The highest BCUT2D eigenvalue weighted by Crippen LogP contribution is 2.25. The molecule has 0 radical (unpaired) electrons. The molecule has 0 spiro atoms. The lowest BCUT2D eigenvalue weighted by Crippen LogP contribution is -2.46. The maximum Gasteiger partial charge on any atom is 0.243 e. The molecule has 3 N–H and O–H groups in total. The van der Waals surface area contributed by atoms with Crippen molar-refractivity contribution in [2.24, 2.45) is 4.99 Å². The van der Waals surface area contributed by atoms with Crippen molar-refractivity contribution in [3.63, 3.8) is 0 Å². The van der Waals surface area contributed by atoms with Gasteiger partial charge in [-0.3, -0.25) is 14.7 Å². The summed E-state index contributed by atoms with van der Waals surface area (Å²) >= 11 is 0. The summed E-state index contributed by atoms with van der Waals surface area (Å²) in [6, 6.07) is 17.9. The Bertz CT molecular complexity index is 839. The molecule has 0 aromatic heterocycles. The van der Waals surface area contributed by atoms with Gasteiger partial charge < -0.3 is 20.7 Å². The molecule has 1 aliphatic heterocycles. The Morgan fingerprint density at radius 3 is 2.34 bits per heavy atom. The number of aliphatic imine (C=N–C) groups is 1. The standard InChI is InChI=1S/C24H33N5O2.HI/c1-25-24(27-18-23(30)28-20-9-5-3-6-10-20)26-17-22(29-15-7-4-8-16-29)19-11-13-21(31-2)14-12-19;/h3,5-6,9-14,22H,4,7-8,15-18H2,1-2H3,(H,28,30)(H2,25,26,27);1H. The first-order valence-corrected chi connectivity index (χ1v) is 10.9. The zero-order valence-corrected chi connectivity index (χ0v) is 21.2. The number of piperidine rings is 1. The van der Waals surface area contributed by atoms with Crippen LogP contribution in [-0.2, 0) is 4.79 Å². The van der Waals surface area contributed by atoms with Gasteiger partial charge in [0.1, 0.15) is 5.75 Å². The maximum absolute atomic E-state index is 12.2. The molecule has 2 aromatic carbocycles. The average molecular weight is 551 g/mol. The number of guanidine groups is 1. The van der Waals surface area contributed by atoms with Crippen molar-refractivity contribution >= 4 is 41.5 Å². The first kappa shape index (κ1) is 25.9. The Kier molecular flexibility index (Phi) is 11.3. The highest BCUT2D eigenvalue weighted by atomic mass is 127. The van der Waals surface area contributed by atoms with E-state index >= 15 is 0 Å². The van der Waals surface area contributed by atoms with E-state index < -0.39 is 0 Å². The first-order chi connectivity index (χ1) is 15.2. The molecule has 2 aromatic rings. The molecule has 32 heavy (non-hydrogen) atoms. The Morgan fingerprint density at radius 2 is 1.72 bits per heavy atom. The molecule has 1 heterocycles. The number of likely N-dealkylation sites (tertiary alicyclic amines) is 1. The zero-order valence-electron chi connectivity index (χ0n) is 18.8. The highest BCUT2D eigenvalue weighted by Gasteiger charge is 2.22. The van der Waals surface area contributed by atoms with E-state index in [-0.39, 0.29) is 42.5 Å². The van der Waals surface area contributed by atoms with Gasteiger partial charge in [0.25, 0.3) is 0 Å². The monoisotopic (exact) mass is 551 g/mol. The molecule has 0 aliphatic carbocycles. The molecule has 1 saturated heterocycles. The number of halogens is 1. The van der Waals surface area contributed by atoms with Crippen molar-refractivity contribution < 1.29 is 9.53 Å². The Balaban J connectivity index is 0.00000363. The van der Waals surface area contributed by atoms with Gasteiger partial charge in [-0.1, -0.05) is 36.8 Å². The molecule has 1 amide bonds. The number of hydrogen-bond acceptors (Lipinski definition) is 4. The molecule has 0 bridgehead atoms. The number of benzene rings is 2. The zero-order chi connectivity index (χ0) is 21.9. The minimum Gasteiger partial charge on any atom is -0.497 e. The van der Waals surface area contributed by atoms with Crippen LogP contribution in [0.25, 0.3) is 0 Å². The minimum absolute atomic E-state index is 0. The second-order valence-electron chi connectivity index (χ2n) is 7.61. The van der Waals surface area contributed by atoms with Crippen LogP contribution in [-0.4, -0.2) is 57.1 Å². The van der Waals surface area contributed by atoms with Crippen molar-refractivity contribution in [1.29, 1.82) is 0 Å². The number of hydrogen-bond donors (Lipinski definition) is 3. The molecule has 3 rings (SSSR count). The van der Waals surface area contributed by atoms with E-state index in [9.17, 15) is 4.79 Å². The van der Waals surface area contributed by atoms with Crippen LogP contribution in [0.4, 0.5) is 5.69 Å². The van der Waals surface area contributed by atoms with Gasteiger partial charge in [0.2, 0.25) is 5.91 Å². The summed E-state index contributed by atoms with van der Waals surface area (Å²) in [6.07, 6.45) is 3.73. The van der Waals surface area contributed by atoms with Crippen molar-refractivity contribution in [3.8, 4) is 5.75 Å². The van der Waals surface area contributed by atoms with Crippen LogP contribution in [0, 0.1) is 0 Å². The predicted octanol–water partition coefficient (Wildman–Crippen LogP) is 3.64. The van der Waals surface area contributed by atoms with E-state index in [4.69, 9.17) is 4.74 Å². The van der Waals surface area contributed by atoms with E-state index in [1.165, 1.54) is 24.8 Å². The summed E-state index contributed by atoms with van der Waals surface area (Å²) in [6.45, 7) is 3.02. The van der Waals surface area contributed by atoms with E-state index in [1.54, 1.807) is 14.2 Å².